The minimum absolute atomic E-state index is 0.00581. The first-order valence-corrected chi connectivity index (χ1v) is 4.32. The molecule has 0 spiro atoms. The Morgan fingerprint density at radius 1 is 1.42 bits per heavy atom. The van der Waals surface area contributed by atoms with Crippen LogP contribution in [0.2, 0.25) is 0 Å². The van der Waals surface area contributed by atoms with Gasteiger partial charge in [-0.05, 0) is 19.8 Å². The van der Waals surface area contributed by atoms with Gasteiger partial charge in [-0.2, -0.15) is 0 Å². The number of amides is 1. The highest BCUT2D eigenvalue weighted by Gasteiger charge is 2.38. The van der Waals surface area contributed by atoms with Gasteiger partial charge in [0, 0.05) is 5.41 Å². The van der Waals surface area contributed by atoms with Crippen LogP contribution in [0.5, 0.6) is 0 Å². The van der Waals surface area contributed by atoms with E-state index in [2.05, 4.69) is 5.32 Å². The van der Waals surface area contributed by atoms with Gasteiger partial charge in [-0.3, -0.25) is 9.59 Å². The summed E-state index contributed by atoms with van der Waals surface area (Å²) in [6.45, 7) is 3.60. The topological polar surface area (TPSA) is 46.2 Å². The second-order valence-corrected chi connectivity index (χ2v) is 3.80. The lowest BCUT2D eigenvalue weighted by Crippen LogP contribution is -2.44. The van der Waals surface area contributed by atoms with Crippen molar-refractivity contribution in [3.05, 3.63) is 0 Å². The molecule has 0 aromatic heterocycles. The largest absolute Gasteiger partial charge is 0.349 e. The average Bonchev–Trinajstić information content (AvgIpc) is 1.95. The molecule has 1 amide bonds. The van der Waals surface area contributed by atoms with Crippen molar-refractivity contribution in [2.24, 2.45) is 5.41 Å². The van der Waals surface area contributed by atoms with Gasteiger partial charge in [0.1, 0.15) is 5.78 Å². The second-order valence-electron chi connectivity index (χ2n) is 3.80. The molecule has 0 aliphatic heterocycles. The fourth-order valence-corrected chi connectivity index (χ4v) is 1.35. The Balaban J connectivity index is 2.33. The third kappa shape index (κ3) is 1.84. The molecule has 3 nitrogen and oxygen atoms in total. The molecule has 0 bridgehead atoms. The van der Waals surface area contributed by atoms with Gasteiger partial charge in [0.2, 0.25) is 5.91 Å². The van der Waals surface area contributed by atoms with Gasteiger partial charge in [-0.25, -0.2) is 0 Å². The summed E-state index contributed by atoms with van der Waals surface area (Å²) in [7, 11) is 0. The van der Waals surface area contributed by atoms with Crippen molar-refractivity contribution in [2.45, 2.75) is 33.1 Å². The van der Waals surface area contributed by atoms with Gasteiger partial charge in [0.15, 0.2) is 0 Å². The zero-order valence-corrected chi connectivity index (χ0v) is 7.64. The summed E-state index contributed by atoms with van der Waals surface area (Å²) < 4.78 is 0. The molecule has 1 aliphatic carbocycles. The second kappa shape index (κ2) is 3.25. The molecular weight excluding hydrogens is 154 g/mol. The van der Waals surface area contributed by atoms with Crippen LogP contribution in [0, 0.1) is 5.41 Å². The highest BCUT2D eigenvalue weighted by molar-refractivity contribution is 5.87. The summed E-state index contributed by atoms with van der Waals surface area (Å²) in [5, 5.41) is 2.64. The number of nitrogens with one attached hydrogen (secondary N) is 1. The molecule has 0 radical (unpaired) electrons. The Kier molecular flexibility index (Phi) is 2.50. The Hall–Kier alpha value is -0.860. The van der Waals surface area contributed by atoms with Crippen LogP contribution < -0.4 is 5.32 Å². The molecule has 1 fully saturated rings. The number of Topliss-reactive ketones (excluding diaryl/α,β-unsaturated/α-hetero) is 1. The maximum atomic E-state index is 11.4. The molecule has 0 aromatic carbocycles. The van der Waals surface area contributed by atoms with Crippen LogP contribution in [-0.4, -0.2) is 18.2 Å². The van der Waals surface area contributed by atoms with E-state index < -0.39 is 0 Å². The Bertz CT molecular complexity index is 207. The predicted molar refractivity (Wildman–Crippen MR) is 45.6 cm³/mol. The van der Waals surface area contributed by atoms with Crippen LogP contribution >= 0.6 is 0 Å². The van der Waals surface area contributed by atoms with E-state index in [1.807, 2.05) is 6.92 Å². The molecule has 0 saturated heterocycles. The number of hydrogen-bond acceptors (Lipinski definition) is 2. The van der Waals surface area contributed by atoms with E-state index in [0.29, 0.717) is 0 Å². The van der Waals surface area contributed by atoms with E-state index in [4.69, 9.17) is 0 Å². The lowest BCUT2D eigenvalue weighted by atomic mass is 9.70. The fourth-order valence-electron chi connectivity index (χ4n) is 1.35. The number of ketones is 1. The summed E-state index contributed by atoms with van der Waals surface area (Å²) in [6, 6.07) is 0. The SMILES string of the molecule is CC(=O)CNC(=O)C1(C)CCC1. The van der Waals surface area contributed by atoms with Gasteiger partial charge < -0.3 is 5.32 Å². The first-order chi connectivity index (χ1) is 5.54. The standard InChI is InChI=1S/C9H15NO2/c1-7(11)6-10-8(12)9(2)4-3-5-9/h3-6H2,1-2H3,(H,10,12). The minimum Gasteiger partial charge on any atom is -0.349 e. The highest BCUT2D eigenvalue weighted by atomic mass is 16.2. The molecule has 0 heterocycles. The van der Waals surface area contributed by atoms with Gasteiger partial charge in [-0.15, -0.1) is 0 Å². The molecule has 0 atom stereocenters. The third-order valence-electron chi connectivity index (χ3n) is 2.50. The van der Waals surface area contributed by atoms with Crippen molar-refractivity contribution in [1.29, 1.82) is 0 Å². The number of rotatable bonds is 3. The van der Waals surface area contributed by atoms with Gasteiger partial charge in [-0.1, -0.05) is 13.3 Å². The molecule has 3 heteroatoms. The highest BCUT2D eigenvalue weighted by Crippen LogP contribution is 2.40. The van der Waals surface area contributed by atoms with Crippen molar-refractivity contribution < 1.29 is 9.59 Å². The first kappa shape index (κ1) is 9.23. The van der Waals surface area contributed by atoms with Crippen molar-refractivity contribution >= 4 is 11.7 Å². The molecule has 1 rings (SSSR count). The van der Waals surface area contributed by atoms with E-state index >= 15 is 0 Å². The van der Waals surface area contributed by atoms with Crippen LogP contribution in [0.1, 0.15) is 33.1 Å². The molecule has 0 unspecified atom stereocenters. The molecule has 12 heavy (non-hydrogen) atoms. The number of hydrogen-bond donors (Lipinski definition) is 1. The number of carbonyl (C=O) groups is 2. The smallest absolute Gasteiger partial charge is 0.226 e. The summed E-state index contributed by atoms with van der Waals surface area (Å²) in [4.78, 5) is 22.0. The minimum atomic E-state index is -0.185. The lowest BCUT2D eigenvalue weighted by Gasteiger charge is -2.36. The van der Waals surface area contributed by atoms with Crippen molar-refractivity contribution in [2.75, 3.05) is 6.54 Å². The maximum absolute atomic E-state index is 11.4. The van der Waals surface area contributed by atoms with Crippen LogP contribution in [0.25, 0.3) is 0 Å². The van der Waals surface area contributed by atoms with Gasteiger partial charge in [0.05, 0.1) is 6.54 Å². The lowest BCUT2D eigenvalue weighted by molar-refractivity contribution is -0.135. The molecule has 1 saturated carbocycles. The van der Waals surface area contributed by atoms with Crippen molar-refractivity contribution in [3.8, 4) is 0 Å². The molecule has 1 N–H and O–H groups in total. The van der Waals surface area contributed by atoms with Crippen molar-refractivity contribution in [1.82, 2.24) is 5.32 Å². The average molecular weight is 169 g/mol. The van der Waals surface area contributed by atoms with Crippen LogP contribution in [0.15, 0.2) is 0 Å². The maximum Gasteiger partial charge on any atom is 0.226 e. The summed E-state index contributed by atoms with van der Waals surface area (Å²) in [5.41, 5.74) is -0.185. The Morgan fingerprint density at radius 2 is 2.00 bits per heavy atom. The third-order valence-corrected chi connectivity index (χ3v) is 2.50. The molecular formula is C9H15NO2. The van der Waals surface area contributed by atoms with Crippen molar-refractivity contribution in [3.63, 3.8) is 0 Å². The molecule has 68 valence electrons. The Morgan fingerprint density at radius 3 is 2.33 bits per heavy atom. The van der Waals surface area contributed by atoms with Crippen LogP contribution in [0.4, 0.5) is 0 Å². The summed E-state index contributed by atoms with van der Waals surface area (Å²) in [6.07, 6.45) is 3.04. The fraction of sp³-hybridized carbons (Fsp3) is 0.778. The van der Waals surface area contributed by atoms with Gasteiger partial charge >= 0.3 is 0 Å². The van der Waals surface area contributed by atoms with Crippen LogP contribution in [0.3, 0.4) is 0 Å². The van der Waals surface area contributed by atoms with Crippen LogP contribution in [-0.2, 0) is 9.59 Å². The van der Waals surface area contributed by atoms with Gasteiger partial charge in [0.25, 0.3) is 0 Å². The quantitative estimate of drug-likeness (QED) is 0.681. The van der Waals surface area contributed by atoms with E-state index in [1.165, 1.54) is 6.92 Å². The van der Waals surface area contributed by atoms with E-state index in [9.17, 15) is 9.59 Å². The summed E-state index contributed by atoms with van der Waals surface area (Å²) in [5.74, 6) is 0.0372. The van der Waals surface area contributed by atoms with E-state index in [1.54, 1.807) is 0 Å². The normalized spacial score (nSPS) is 19.5. The monoisotopic (exact) mass is 169 g/mol. The van der Waals surface area contributed by atoms with E-state index in [0.717, 1.165) is 19.3 Å². The zero-order chi connectivity index (χ0) is 9.19. The van der Waals surface area contributed by atoms with E-state index in [-0.39, 0.29) is 23.7 Å². The Labute approximate surface area is 72.5 Å². The zero-order valence-electron chi connectivity index (χ0n) is 7.64. The summed E-state index contributed by atoms with van der Waals surface area (Å²) >= 11 is 0. The molecule has 1 aliphatic rings. The predicted octanol–water partition coefficient (Wildman–Crippen LogP) is 0.882. The molecule has 0 aromatic rings. The number of carbonyl (C=O) groups excluding carboxylic acids is 2. The first-order valence-electron chi connectivity index (χ1n) is 4.32.